The summed E-state index contributed by atoms with van der Waals surface area (Å²) in [5.74, 6) is 0.0134. The highest BCUT2D eigenvalue weighted by Crippen LogP contribution is 2.57. The Hall–Kier alpha value is -4.26. The number of thiocarbonyl (C=S) groups is 1. The van der Waals surface area contributed by atoms with Crippen molar-refractivity contribution in [1.29, 1.82) is 0 Å². The minimum Gasteiger partial charge on any atom is -0.480 e. The standard InChI is InChI=1S/C38H31NO3S2/c40-35(41)23-39-37(42)34(44-38(39)43)22-25-16-19-31-33(21-25)29-12-7-13-30(29)36(31)28-17-14-24(15-18-28)20-32(26-8-3-1-4-9-26)27-10-5-2-6-11-27/h1-6,8-11,14-22,29-30,36H,7,12-13,23H2,(H,40,41)/b34-22+/t29-,30+,36?/m1/s1. The molecule has 1 saturated heterocycles. The second kappa shape index (κ2) is 12.0. The summed E-state index contributed by atoms with van der Waals surface area (Å²) in [6, 6.07) is 36.7. The fraction of sp³-hybridized carbons (Fsp3) is 0.184. The van der Waals surface area contributed by atoms with Crippen molar-refractivity contribution >= 4 is 57.9 Å². The predicted molar refractivity (Wildman–Crippen MR) is 182 cm³/mol. The molecule has 4 aromatic rings. The molecule has 1 aliphatic heterocycles. The average Bonchev–Trinajstić information content (AvgIpc) is 3.71. The molecular formula is C38H31NO3S2. The summed E-state index contributed by atoms with van der Waals surface area (Å²) < 4.78 is 0.290. The molecule has 3 atom stereocenters. The van der Waals surface area contributed by atoms with Crippen molar-refractivity contribution in [3.8, 4) is 0 Å². The number of carboxylic acids is 1. The molecule has 6 heteroatoms. The molecule has 2 fully saturated rings. The first-order valence-corrected chi connectivity index (χ1v) is 16.2. The number of benzene rings is 4. The molecule has 0 radical (unpaired) electrons. The van der Waals surface area contributed by atoms with Gasteiger partial charge in [0.15, 0.2) is 0 Å². The van der Waals surface area contributed by atoms with Gasteiger partial charge in [0.05, 0.1) is 4.91 Å². The highest BCUT2D eigenvalue weighted by Gasteiger charge is 2.44. The summed E-state index contributed by atoms with van der Waals surface area (Å²) in [7, 11) is 0. The van der Waals surface area contributed by atoms with E-state index in [1.807, 2.05) is 6.08 Å². The monoisotopic (exact) mass is 613 g/mol. The molecule has 1 N–H and O–H groups in total. The van der Waals surface area contributed by atoms with Gasteiger partial charge in [-0.3, -0.25) is 14.5 Å². The molecular weight excluding hydrogens is 583 g/mol. The zero-order chi connectivity index (χ0) is 30.2. The maximum atomic E-state index is 12.8. The van der Waals surface area contributed by atoms with Crippen molar-refractivity contribution in [2.45, 2.75) is 31.1 Å². The van der Waals surface area contributed by atoms with Gasteiger partial charge in [0.2, 0.25) is 0 Å². The number of carbonyl (C=O) groups is 2. The zero-order valence-electron chi connectivity index (χ0n) is 24.1. The van der Waals surface area contributed by atoms with E-state index in [-0.39, 0.29) is 5.91 Å². The molecule has 1 amide bonds. The van der Waals surface area contributed by atoms with Crippen LogP contribution in [0.4, 0.5) is 0 Å². The Morgan fingerprint density at radius 1 is 0.864 bits per heavy atom. The van der Waals surface area contributed by atoms with Crippen LogP contribution < -0.4 is 0 Å². The van der Waals surface area contributed by atoms with Gasteiger partial charge in [0.1, 0.15) is 10.9 Å². The Bertz CT molecular complexity index is 1770. The minimum atomic E-state index is -1.07. The van der Waals surface area contributed by atoms with E-state index in [1.54, 1.807) is 0 Å². The second-order valence-electron chi connectivity index (χ2n) is 11.7. The fourth-order valence-corrected chi connectivity index (χ4v) is 8.43. The first kappa shape index (κ1) is 28.5. The lowest BCUT2D eigenvalue weighted by Gasteiger charge is -2.20. The van der Waals surface area contributed by atoms with Crippen LogP contribution in [0.1, 0.15) is 70.0 Å². The molecule has 0 bridgehead atoms. The van der Waals surface area contributed by atoms with Gasteiger partial charge in [-0.25, -0.2) is 0 Å². The van der Waals surface area contributed by atoms with Crippen LogP contribution in [-0.4, -0.2) is 32.7 Å². The number of carbonyl (C=O) groups excluding carboxylic acids is 1. The third-order valence-electron chi connectivity index (χ3n) is 9.08. The van der Waals surface area contributed by atoms with Gasteiger partial charge in [-0.2, -0.15) is 0 Å². The van der Waals surface area contributed by atoms with E-state index in [0.29, 0.717) is 27.0 Å². The van der Waals surface area contributed by atoms with E-state index in [1.165, 1.54) is 70.0 Å². The number of hydrogen-bond donors (Lipinski definition) is 1. The maximum Gasteiger partial charge on any atom is 0.323 e. The number of nitrogens with zero attached hydrogens (tertiary/aromatic N) is 1. The van der Waals surface area contributed by atoms with E-state index in [9.17, 15) is 9.59 Å². The first-order valence-electron chi connectivity index (χ1n) is 15.0. The molecule has 3 aliphatic rings. The zero-order valence-corrected chi connectivity index (χ0v) is 25.7. The van der Waals surface area contributed by atoms with Crippen molar-refractivity contribution in [3.05, 3.63) is 147 Å². The first-order chi connectivity index (χ1) is 21.5. The van der Waals surface area contributed by atoms with E-state index in [0.717, 1.165) is 10.5 Å². The Kier molecular flexibility index (Phi) is 7.79. The molecule has 4 nitrogen and oxygen atoms in total. The van der Waals surface area contributed by atoms with E-state index >= 15 is 0 Å². The summed E-state index contributed by atoms with van der Waals surface area (Å²) in [5, 5.41) is 9.16. The molecule has 4 aromatic carbocycles. The quantitative estimate of drug-likeness (QED) is 0.129. The van der Waals surface area contributed by atoms with Gasteiger partial charge in [0.25, 0.3) is 5.91 Å². The summed E-state index contributed by atoms with van der Waals surface area (Å²) in [6.45, 7) is -0.411. The molecule has 1 saturated carbocycles. The largest absolute Gasteiger partial charge is 0.480 e. The Morgan fingerprint density at radius 3 is 2.18 bits per heavy atom. The molecule has 2 aliphatic carbocycles. The number of amides is 1. The molecule has 218 valence electrons. The Balaban J connectivity index is 1.19. The molecule has 1 unspecified atom stereocenters. The number of fused-ring (bicyclic) bond motifs is 3. The molecule has 44 heavy (non-hydrogen) atoms. The third-order valence-corrected chi connectivity index (χ3v) is 10.5. The smallest absolute Gasteiger partial charge is 0.323 e. The van der Waals surface area contributed by atoms with E-state index < -0.39 is 12.5 Å². The van der Waals surface area contributed by atoms with Gasteiger partial charge in [-0.1, -0.05) is 134 Å². The number of hydrogen-bond acceptors (Lipinski definition) is 4. The summed E-state index contributed by atoms with van der Waals surface area (Å²) in [6.07, 6.45) is 7.75. The van der Waals surface area contributed by atoms with E-state index in [4.69, 9.17) is 17.3 Å². The van der Waals surface area contributed by atoms with Gasteiger partial charge >= 0.3 is 5.97 Å². The second-order valence-corrected chi connectivity index (χ2v) is 13.4. The van der Waals surface area contributed by atoms with Gasteiger partial charge in [0, 0.05) is 5.92 Å². The summed E-state index contributed by atoms with van der Waals surface area (Å²) in [5.41, 5.74) is 9.84. The molecule has 1 heterocycles. The van der Waals surface area contributed by atoms with Crippen LogP contribution in [0.3, 0.4) is 0 Å². The van der Waals surface area contributed by atoms with Crippen LogP contribution in [0, 0.1) is 5.92 Å². The van der Waals surface area contributed by atoms with Crippen molar-refractivity contribution in [2.24, 2.45) is 5.92 Å². The predicted octanol–water partition coefficient (Wildman–Crippen LogP) is 8.59. The highest BCUT2D eigenvalue weighted by atomic mass is 32.2. The lowest BCUT2D eigenvalue weighted by Crippen LogP contribution is -2.33. The van der Waals surface area contributed by atoms with Crippen molar-refractivity contribution < 1.29 is 14.7 Å². The highest BCUT2D eigenvalue weighted by molar-refractivity contribution is 8.26. The van der Waals surface area contributed by atoms with Crippen LogP contribution in [0.2, 0.25) is 0 Å². The number of carboxylic acid groups (broad SMARTS) is 1. The van der Waals surface area contributed by atoms with Crippen molar-refractivity contribution in [3.63, 3.8) is 0 Å². The minimum absolute atomic E-state index is 0.290. The number of thioether (sulfide) groups is 1. The van der Waals surface area contributed by atoms with Crippen LogP contribution in [0.5, 0.6) is 0 Å². The Labute approximate surface area is 267 Å². The SMILES string of the molecule is O=C(O)CN1C(=O)/C(=C\c2ccc3c(c2)[C@@H]2CCC[C@@H]2C3c2ccc(C=C(c3ccccc3)c3ccccc3)cc2)SC1=S. The van der Waals surface area contributed by atoms with Crippen LogP contribution in [0.15, 0.2) is 108 Å². The summed E-state index contributed by atoms with van der Waals surface area (Å²) in [4.78, 5) is 25.7. The third kappa shape index (κ3) is 5.44. The van der Waals surface area contributed by atoms with E-state index in [2.05, 4.69) is 109 Å². The van der Waals surface area contributed by atoms with Crippen LogP contribution >= 0.6 is 24.0 Å². The van der Waals surface area contributed by atoms with Crippen LogP contribution in [-0.2, 0) is 9.59 Å². The number of rotatable bonds is 7. The van der Waals surface area contributed by atoms with Crippen LogP contribution in [0.25, 0.3) is 17.7 Å². The lowest BCUT2D eigenvalue weighted by molar-refractivity contribution is -0.140. The van der Waals surface area contributed by atoms with Crippen molar-refractivity contribution in [2.75, 3.05) is 6.54 Å². The van der Waals surface area contributed by atoms with Crippen molar-refractivity contribution in [1.82, 2.24) is 4.90 Å². The number of aliphatic carboxylic acids is 1. The van der Waals surface area contributed by atoms with Gasteiger partial charge in [-0.05, 0) is 81.3 Å². The summed E-state index contributed by atoms with van der Waals surface area (Å²) >= 11 is 6.45. The van der Waals surface area contributed by atoms with Gasteiger partial charge < -0.3 is 5.11 Å². The normalized spacial score (nSPS) is 21.4. The molecule has 7 rings (SSSR count). The topological polar surface area (TPSA) is 57.6 Å². The average molecular weight is 614 g/mol. The maximum absolute atomic E-state index is 12.8. The molecule has 0 spiro atoms. The lowest BCUT2D eigenvalue weighted by atomic mass is 9.83. The fourth-order valence-electron chi connectivity index (χ4n) is 7.18. The Morgan fingerprint density at radius 2 is 1.52 bits per heavy atom. The molecule has 0 aromatic heterocycles. The van der Waals surface area contributed by atoms with Gasteiger partial charge in [-0.15, -0.1) is 0 Å².